The van der Waals surface area contributed by atoms with Gasteiger partial charge in [0.1, 0.15) is 12.8 Å². The number of aliphatic hydroxyl groups is 1. The zero-order chi connectivity index (χ0) is 12.0. The maximum absolute atomic E-state index is 12.0. The monoisotopic (exact) mass is 238 g/mol. The molecule has 2 atom stereocenters. The van der Waals surface area contributed by atoms with Gasteiger partial charge >= 0.3 is 5.69 Å². The van der Waals surface area contributed by atoms with Crippen LogP contribution in [0.2, 0.25) is 0 Å². The first kappa shape index (κ1) is 10.7. The minimum Gasteiger partial charge on any atom is -0.368 e. The number of hydrogen-bond donors (Lipinski definition) is 1. The van der Waals surface area contributed by atoms with Crippen LogP contribution in [0, 0.1) is 0 Å². The molecule has 0 aromatic carbocycles. The molecule has 0 amide bonds. The lowest BCUT2D eigenvalue weighted by atomic mass is 10.2. The van der Waals surface area contributed by atoms with Gasteiger partial charge in [-0.1, -0.05) is 0 Å². The highest BCUT2D eigenvalue weighted by Crippen LogP contribution is 2.27. The molecule has 0 spiro atoms. The number of aromatic nitrogens is 2. The Balaban J connectivity index is 2.03. The summed E-state index contributed by atoms with van der Waals surface area (Å²) in [5.74, 6) is 0.885. The first-order valence-electron chi connectivity index (χ1n) is 5.86. The fourth-order valence-corrected chi connectivity index (χ4v) is 2.52. The topological polar surface area (TPSA) is 58.6 Å². The largest absolute Gasteiger partial charge is 0.499 e. The summed E-state index contributed by atoms with van der Waals surface area (Å²) in [5.41, 5.74) is -0.00734. The van der Waals surface area contributed by atoms with Crippen LogP contribution in [0.1, 0.15) is 12.8 Å². The van der Waals surface area contributed by atoms with Gasteiger partial charge in [-0.2, -0.15) is 9.36 Å². The molecule has 1 N–H and O–H groups in total. The molecule has 17 heavy (non-hydrogen) atoms. The van der Waals surface area contributed by atoms with Crippen molar-refractivity contribution in [1.29, 1.82) is 0 Å². The molecule has 92 valence electrons. The van der Waals surface area contributed by atoms with Gasteiger partial charge in [-0.25, -0.2) is 4.57 Å². The number of ether oxygens (including phenoxy) is 1. The Bertz CT molecular complexity index is 499. The average Bonchev–Trinajstić information content (AvgIpc) is 2.33. The lowest BCUT2D eigenvalue weighted by Gasteiger charge is -2.40. The Morgan fingerprint density at radius 2 is 2.29 bits per heavy atom. The molecule has 0 radical (unpaired) electrons. The van der Waals surface area contributed by atoms with Crippen molar-refractivity contribution in [2.75, 3.05) is 11.4 Å². The molecule has 0 saturated carbocycles. The normalized spacial score (nSPS) is 27.5. The molecule has 2 aliphatic rings. The summed E-state index contributed by atoms with van der Waals surface area (Å²) in [6.07, 6.45) is 2.29. The van der Waals surface area contributed by atoms with Gasteiger partial charge in [-0.3, -0.25) is 0 Å². The molecule has 0 bridgehead atoms. The van der Waals surface area contributed by atoms with E-state index in [4.69, 9.17) is 4.74 Å². The van der Waals surface area contributed by atoms with Gasteiger partial charge in [0.2, 0.25) is 5.82 Å². The van der Waals surface area contributed by atoms with Crippen molar-refractivity contribution < 1.29 is 14.4 Å². The Morgan fingerprint density at radius 3 is 3.12 bits per heavy atom. The fourth-order valence-electron chi connectivity index (χ4n) is 2.52. The molecule has 0 aliphatic carbocycles. The third kappa shape index (κ3) is 1.64. The molecule has 1 saturated heterocycles. The number of aryl methyl sites for hydroxylation is 1. The first-order chi connectivity index (χ1) is 8.16. The summed E-state index contributed by atoms with van der Waals surface area (Å²) >= 11 is 0. The summed E-state index contributed by atoms with van der Waals surface area (Å²) in [4.78, 5) is 14.0. The third-order valence-electron chi connectivity index (χ3n) is 3.43. The Hall–Kier alpha value is -1.40. The van der Waals surface area contributed by atoms with Gasteiger partial charge in [0.15, 0.2) is 6.29 Å². The highest BCUT2D eigenvalue weighted by Gasteiger charge is 2.36. The summed E-state index contributed by atoms with van der Waals surface area (Å²) in [5, 5.41) is 9.47. The van der Waals surface area contributed by atoms with Gasteiger partial charge < -0.3 is 14.7 Å². The summed E-state index contributed by atoms with van der Waals surface area (Å²) in [7, 11) is 1.75. The molecule has 1 fully saturated rings. The number of aliphatic hydroxyl groups excluding tert-OH is 1. The predicted molar refractivity (Wildman–Crippen MR) is 59.3 cm³/mol. The molecule has 1 aromatic rings. The second kappa shape index (κ2) is 3.82. The van der Waals surface area contributed by atoms with E-state index < -0.39 is 6.29 Å². The Kier molecular flexibility index (Phi) is 2.41. The number of rotatable bonds is 0. The maximum atomic E-state index is 12.0. The molecule has 6 nitrogen and oxygen atoms in total. The number of fused-ring (bicyclic) bond motifs is 3. The molecule has 3 heterocycles. The second-order valence-electron chi connectivity index (χ2n) is 4.54. The van der Waals surface area contributed by atoms with Crippen LogP contribution in [0.25, 0.3) is 0 Å². The van der Waals surface area contributed by atoms with E-state index in [1.165, 1.54) is 0 Å². The SMILES string of the molecule is C[n+]1ccc2n(c1=O)CCC1OC(O)CCN21. The van der Waals surface area contributed by atoms with E-state index in [2.05, 4.69) is 4.90 Å². The van der Waals surface area contributed by atoms with E-state index in [9.17, 15) is 9.90 Å². The van der Waals surface area contributed by atoms with E-state index in [-0.39, 0.29) is 11.9 Å². The average molecular weight is 238 g/mol. The van der Waals surface area contributed by atoms with Crippen molar-refractivity contribution in [2.24, 2.45) is 7.05 Å². The van der Waals surface area contributed by atoms with E-state index in [1.807, 2.05) is 6.07 Å². The van der Waals surface area contributed by atoms with Crippen molar-refractivity contribution in [3.05, 3.63) is 22.7 Å². The first-order valence-corrected chi connectivity index (χ1v) is 5.86. The maximum Gasteiger partial charge on any atom is 0.499 e. The number of hydrogen-bond acceptors (Lipinski definition) is 4. The Labute approximate surface area is 98.7 Å². The van der Waals surface area contributed by atoms with Crippen molar-refractivity contribution in [3.8, 4) is 0 Å². The highest BCUT2D eigenvalue weighted by molar-refractivity contribution is 5.40. The highest BCUT2D eigenvalue weighted by atomic mass is 16.6. The second-order valence-corrected chi connectivity index (χ2v) is 4.54. The number of anilines is 1. The Morgan fingerprint density at radius 1 is 1.47 bits per heavy atom. The molecule has 2 aliphatic heterocycles. The standard InChI is InChI=1S/C11H16N3O3/c1-12-5-2-8-13-7-4-10(15)17-9(13)3-6-14(8)11(12)16/h2,5,9-10,15H,3-4,6-7H2,1H3/q+1. The zero-order valence-electron chi connectivity index (χ0n) is 9.74. The van der Waals surface area contributed by atoms with Crippen LogP contribution in [0.3, 0.4) is 0 Å². The van der Waals surface area contributed by atoms with Crippen molar-refractivity contribution in [3.63, 3.8) is 0 Å². The fraction of sp³-hybridized carbons (Fsp3) is 0.636. The van der Waals surface area contributed by atoms with Crippen LogP contribution >= 0.6 is 0 Å². The smallest absolute Gasteiger partial charge is 0.368 e. The van der Waals surface area contributed by atoms with Crippen LogP contribution in [-0.2, 0) is 18.3 Å². The molecular weight excluding hydrogens is 222 g/mol. The lowest BCUT2D eigenvalue weighted by Crippen LogP contribution is -2.57. The summed E-state index contributed by atoms with van der Waals surface area (Å²) in [6, 6.07) is 1.93. The molecule has 6 heteroatoms. The van der Waals surface area contributed by atoms with Crippen LogP contribution < -0.4 is 15.2 Å². The molecular formula is C11H16N3O3+. The van der Waals surface area contributed by atoms with Crippen LogP contribution in [0.15, 0.2) is 17.1 Å². The van der Waals surface area contributed by atoms with E-state index in [1.54, 1.807) is 22.4 Å². The minimum absolute atomic E-state index is 0.00734. The van der Waals surface area contributed by atoms with Crippen LogP contribution in [0.5, 0.6) is 0 Å². The van der Waals surface area contributed by atoms with Gasteiger partial charge in [0, 0.05) is 25.5 Å². The zero-order valence-corrected chi connectivity index (χ0v) is 9.74. The number of nitrogens with zero attached hydrogens (tertiary/aromatic N) is 3. The minimum atomic E-state index is -0.672. The summed E-state index contributed by atoms with van der Waals surface area (Å²) in [6.45, 7) is 1.36. The van der Waals surface area contributed by atoms with Crippen LogP contribution in [0.4, 0.5) is 5.82 Å². The third-order valence-corrected chi connectivity index (χ3v) is 3.43. The van der Waals surface area contributed by atoms with E-state index >= 15 is 0 Å². The van der Waals surface area contributed by atoms with Crippen molar-refractivity contribution in [1.82, 2.24) is 4.57 Å². The van der Waals surface area contributed by atoms with Gasteiger partial charge in [0.05, 0.1) is 13.2 Å². The van der Waals surface area contributed by atoms with Crippen molar-refractivity contribution >= 4 is 5.82 Å². The summed E-state index contributed by atoms with van der Waals surface area (Å²) < 4.78 is 8.81. The van der Waals surface area contributed by atoms with Crippen molar-refractivity contribution in [2.45, 2.75) is 31.9 Å². The van der Waals surface area contributed by atoms with Gasteiger partial charge in [-0.05, 0) is 0 Å². The molecule has 2 unspecified atom stereocenters. The molecule has 3 rings (SSSR count). The van der Waals surface area contributed by atoms with E-state index in [0.717, 1.165) is 18.8 Å². The predicted octanol–water partition coefficient (Wildman–Crippen LogP) is -1.05. The van der Waals surface area contributed by atoms with Gasteiger partial charge in [0.25, 0.3) is 0 Å². The molecule has 1 aromatic heterocycles. The quantitative estimate of drug-likeness (QED) is 0.586. The lowest BCUT2D eigenvalue weighted by molar-refractivity contribution is -0.691. The van der Waals surface area contributed by atoms with Crippen LogP contribution in [-0.4, -0.2) is 28.7 Å². The van der Waals surface area contributed by atoms with Gasteiger partial charge in [-0.15, -0.1) is 0 Å². The van der Waals surface area contributed by atoms with E-state index in [0.29, 0.717) is 13.0 Å².